The maximum atomic E-state index is 12.5. The van der Waals surface area contributed by atoms with Crippen LogP contribution in [0, 0.1) is 5.92 Å². The first-order valence-corrected chi connectivity index (χ1v) is 14.0. The second kappa shape index (κ2) is 15.3. The van der Waals surface area contributed by atoms with E-state index in [0.717, 1.165) is 18.9 Å². The number of pyridine rings is 1. The molecule has 1 aromatic carbocycles. The molecule has 2 aromatic rings. The molecule has 2 amide bonds. The summed E-state index contributed by atoms with van der Waals surface area (Å²) < 4.78 is 42.9. The minimum atomic E-state index is -4.82. The van der Waals surface area contributed by atoms with Crippen LogP contribution in [0.3, 0.4) is 0 Å². The molecule has 1 fully saturated rings. The van der Waals surface area contributed by atoms with E-state index < -0.39 is 24.1 Å². The molecule has 1 unspecified atom stereocenters. The predicted molar refractivity (Wildman–Crippen MR) is 153 cm³/mol. The Balaban J connectivity index is 1.40. The van der Waals surface area contributed by atoms with Crippen LogP contribution in [-0.2, 0) is 16.1 Å². The van der Waals surface area contributed by atoms with Gasteiger partial charge in [-0.25, -0.2) is 5.84 Å². The van der Waals surface area contributed by atoms with Crippen molar-refractivity contribution < 1.29 is 27.5 Å². The van der Waals surface area contributed by atoms with Crippen molar-refractivity contribution in [3.05, 3.63) is 70.4 Å². The molecule has 0 bridgehead atoms. The lowest BCUT2D eigenvalue weighted by molar-refractivity contribution is -0.274. The van der Waals surface area contributed by atoms with Crippen molar-refractivity contribution >= 4 is 17.5 Å². The van der Waals surface area contributed by atoms with Crippen LogP contribution in [0.25, 0.3) is 0 Å². The average Bonchev–Trinajstić information content (AvgIpc) is 2.91. The average molecular weight is 593 g/mol. The third-order valence-electron chi connectivity index (χ3n) is 7.05. The number of unbranched alkanes of at least 4 members (excludes halogenated alkanes) is 1. The summed E-state index contributed by atoms with van der Waals surface area (Å²) in [5.41, 5.74) is 6.34. The lowest BCUT2D eigenvalue weighted by Crippen LogP contribution is -2.34. The number of nitrogens with one attached hydrogen (secondary N) is 2. The van der Waals surface area contributed by atoms with Gasteiger partial charge in [0.2, 0.25) is 5.91 Å². The highest BCUT2D eigenvalue weighted by atomic mass is 19.4. The van der Waals surface area contributed by atoms with E-state index in [0.29, 0.717) is 49.5 Å². The van der Waals surface area contributed by atoms with Gasteiger partial charge in [0.25, 0.3) is 11.5 Å². The van der Waals surface area contributed by atoms with Crippen LogP contribution in [-0.4, -0.2) is 34.3 Å². The van der Waals surface area contributed by atoms with E-state index in [1.54, 1.807) is 29.8 Å². The minimum Gasteiger partial charge on any atom is -0.406 e. The smallest absolute Gasteiger partial charge is 0.406 e. The van der Waals surface area contributed by atoms with Crippen LogP contribution in [0.5, 0.6) is 5.75 Å². The zero-order valence-electron chi connectivity index (χ0n) is 23.7. The second-order valence-corrected chi connectivity index (χ2v) is 10.5. The number of alkyl halides is 3. The molecule has 42 heavy (non-hydrogen) atoms. The number of carbonyl (C=O) groups is 2. The molecule has 0 radical (unpaired) electrons. The predicted octanol–water partition coefficient (Wildman–Crippen LogP) is 4.29. The van der Waals surface area contributed by atoms with Crippen LogP contribution in [0.4, 0.5) is 18.9 Å². The fourth-order valence-electron chi connectivity index (χ4n) is 4.86. The zero-order valence-corrected chi connectivity index (χ0v) is 23.7. The number of nitrogens with two attached hydrogens (primary N) is 2. The second-order valence-electron chi connectivity index (χ2n) is 10.5. The van der Waals surface area contributed by atoms with Crippen molar-refractivity contribution in [1.29, 1.82) is 0 Å². The first kappa shape index (κ1) is 32.5. The van der Waals surface area contributed by atoms with Crippen molar-refractivity contribution in [2.45, 2.75) is 77.2 Å². The van der Waals surface area contributed by atoms with Crippen LogP contribution in [0.15, 0.2) is 59.3 Å². The number of aromatic nitrogens is 1. The summed E-state index contributed by atoms with van der Waals surface area (Å²) in [7, 11) is 0. The summed E-state index contributed by atoms with van der Waals surface area (Å²) in [5.74, 6) is 5.25. The van der Waals surface area contributed by atoms with E-state index >= 15 is 0 Å². The SMILES string of the molecule is CC(NC(=O)/C(N)=C/N(N)CCCCn1ccc(NC(=O)CC2CCCCC2)cc1=O)c1cccc(OC(F)(F)F)c1. The number of aryl methyl sites for hydroxylation is 1. The Morgan fingerprint density at radius 3 is 2.60 bits per heavy atom. The Labute approximate surface area is 242 Å². The number of benzene rings is 1. The summed E-state index contributed by atoms with van der Waals surface area (Å²) >= 11 is 0. The van der Waals surface area contributed by atoms with Gasteiger partial charge in [0, 0.05) is 43.7 Å². The van der Waals surface area contributed by atoms with E-state index in [9.17, 15) is 27.6 Å². The molecule has 1 aromatic heterocycles. The number of amides is 2. The Bertz CT molecular complexity index is 1290. The van der Waals surface area contributed by atoms with Gasteiger partial charge in [-0.3, -0.25) is 14.4 Å². The topological polar surface area (TPSA) is 145 Å². The number of rotatable bonds is 13. The van der Waals surface area contributed by atoms with Gasteiger partial charge < -0.3 is 30.7 Å². The van der Waals surface area contributed by atoms with Gasteiger partial charge in [-0.15, -0.1) is 13.2 Å². The van der Waals surface area contributed by atoms with Crippen LogP contribution in [0.1, 0.15) is 69.9 Å². The Kier molecular flexibility index (Phi) is 11.8. The molecule has 1 saturated carbocycles. The largest absolute Gasteiger partial charge is 0.573 e. The highest BCUT2D eigenvalue weighted by Crippen LogP contribution is 2.27. The fraction of sp³-hybridized carbons (Fsp3) is 0.483. The molecule has 13 heteroatoms. The fourth-order valence-corrected chi connectivity index (χ4v) is 4.86. The van der Waals surface area contributed by atoms with Gasteiger partial charge >= 0.3 is 6.36 Å². The first-order valence-electron chi connectivity index (χ1n) is 14.0. The molecule has 230 valence electrons. The molecular weight excluding hydrogens is 553 g/mol. The van der Waals surface area contributed by atoms with E-state index in [1.165, 1.54) is 48.7 Å². The van der Waals surface area contributed by atoms with Crippen LogP contribution in [0.2, 0.25) is 0 Å². The lowest BCUT2D eigenvalue weighted by atomic mass is 9.87. The van der Waals surface area contributed by atoms with Crippen molar-refractivity contribution in [1.82, 2.24) is 14.9 Å². The molecule has 1 aliphatic rings. The van der Waals surface area contributed by atoms with Gasteiger partial charge in [-0.1, -0.05) is 31.4 Å². The molecule has 1 heterocycles. The third-order valence-corrected chi connectivity index (χ3v) is 7.05. The maximum Gasteiger partial charge on any atom is 0.573 e. The number of hydrogen-bond acceptors (Lipinski definition) is 7. The van der Waals surface area contributed by atoms with Gasteiger partial charge in [0.1, 0.15) is 11.4 Å². The Hall–Kier alpha value is -4.00. The number of hydrazine groups is 1. The summed E-state index contributed by atoms with van der Waals surface area (Å²) in [6, 6.07) is 7.75. The number of nitrogens with zero attached hydrogens (tertiary/aromatic N) is 2. The minimum absolute atomic E-state index is 0.0673. The molecule has 0 aliphatic heterocycles. The summed E-state index contributed by atoms with van der Waals surface area (Å²) in [4.78, 5) is 37.3. The number of anilines is 1. The lowest BCUT2D eigenvalue weighted by Gasteiger charge is -2.20. The maximum absolute atomic E-state index is 12.5. The molecule has 6 N–H and O–H groups in total. The normalized spacial score (nSPS) is 15.1. The highest BCUT2D eigenvalue weighted by molar-refractivity contribution is 5.92. The van der Waals surface area contributed by atoms with Crippen molar-refractivity contribution in [2.24, 2.45) is 17.5 Å². The first-order chi connectivity index (χ1) is 19.9. The standard InChI is InChI=1S/C29H39F3N6O4/c1-20(22-10-7-11-24(17-22)42-29(30,31)32)35-28(41)25(33)19-38(34)14-6-5-13-37-15-12-23(18-27(37)40)36-26(39)16-21-8-3-2-4-9-21/h7,10-12,15,17-21H,2-6,8-9,13-14,16,33-34H2,1H3,(H,35,41)(H,36,39)/b25-19-. The molecule has 10 nitrogen and oxygen atoms in total. The van der Waals surface area contributed by atoms with Crippen LogP contribution >= 0.6 is 0 Å². The molecule has 0 spiro atoms. The highest BCUT2D eigenvalue weighted by Gasteiger charge is 2.31. The number of halogens is 3. The van der Waals surface area contributed by atoms with E-state index in [-0.39, 0.29) is 17.2 Å². The van der Waals surface area contributed by atoms with Crippen molar-refractivity contribution in [2.75, 3.05) is 11.9 Å². The molecule has 1 aliphatic carbocycles. The zero-order chi connectivity index (χ0) is 30.7. The number of carbonyl (C=O) groups excluding carboxylic acids is 2. The van der Waals surface area contributed by atoms with Gasteiger partial charge in [0.15, 0.2) is 0 Å². The van der Waals surface area contributed by atoms with Gasteiger partial charge in [-0.05, 0) is 62.3 Å². The van der Waals surface area contributed by atoms with Gasteiger partial charge in [-0.2, -0.15) is 0 Å². The van der Waals surface area contributed by atoms with E-state index in [2.05, 4.69) is 15.4 Å². The van der Waals surface area contributed by atoms with Gasteiger partial charge in [0.05, 0.1) is 6.04 Å². The summed E-state index contributed by atoms with van der Waals surface area (Å²) in [6.07, 6.45) is 5.50. The molecular formula is C29H39F3N6O4. The quantitative estimate of drug-likeness (QED) is 0.118. The van der Waals surface area contributed by atoms with Crippen molar-refractivity contribution in [3.8, 4) is 5.75 Å². The van der Waals surface area contributed by atoms with Crippen molar-refractivity contribution in [3.63, 3.8) is 0 Å². The molecule has 0 saturated heterocycles. The van der Waals surface area contributed by atoms with E-state index in [4.69, 9.17) is 11.6 Å². The Morgan fingerprint density at radius 2 is 1.90 bits per heavy atom. The van der Waals surface area contributed by atoms with Crippen LogP contribution < -0.4 is 32.5 Å². The summed E-state index contributed by atoms with van der Waals surface area (Å²) in [6.45, 7) is 2.39. The third kappa shape index (κ3) is 11.1. The Morgan fingerprint density at radius 1 is 1.17 bits per heavy atom. The molecule has 1 atom stereocenters. The number of hydrogen-bond donors (Lipinski definition) is 4. The number of ether oxygens (including phenoxy) is 1. The monoisotopic (exact) mass is 592 g/mol. The van der Waals surface area contributed by atoms with E-state index in [1.807, 2.05) is 0 Å². The molecule has 3 rings (SSSR count). The summed E-state index contributed by atoms with van der Waals surface area (Å²) in [5, 5.41) is 6.69.